The third-order valence-electron chi connectivity index (χ3n) is 5.20. The summed E-state index contributed by atoms with van der Waals surface area (Å²) in [5.41, 5.74) is 8.27. The highest BCUT2D eigenvalue weighted by atomic mass is 16.5. The van der Waals surface area contributed by atoms with Crippen LogP contribution in [-0.4, -0.2) is 34.2 Å². The lowest BCUT2D eigenvalue weighted by molar-refractivity contribution is -0.124. The molecule has 0 unspecified atom stereocenters. The first-order valence-corrected chi connectivity index (χ1v) is 8.83. The van der Waals surface area contributed by atoms with Crippen LogP contribution in [0.25, 0.3) is 11.0 Å². The second kappa shape index (κ2) is 6.18. The Kier molecular flexibility index (Phi) is 4.02. The third-order valence-corrected chi connectivity index (χ3v) is 5.20. The Balaban J connectivity index is 1.58. The summed E-state index contributed by atoms with van der Waals surface area (Å²) < 4.78 is 7.62. The van der Waals surface area contributed by atoms with Crippen molar-refractivity contribution in [2.24, 2.45) is 5.73 Å². The normalized spacial score (nSPS) is 20.4. The molecule has 1 aromatic carbocycles. The van der Waals surface area contributed by atoms with Crippen molar-refractivity contribution in [1.82, 2.24) is 9.55 Å². The molecule has 1 amide bonds. The van der Waals surface area contributed by atoms with E-state index in [9.17, 15) is 4.79 Å². The van der Waals surface area contributed by atoms with Gasteiger partial charge in [-0.3, -0.25) is 4.79 Å². The number of amides is 1. The number of benzene rings is 1. The molecule has 1 saturated heterocycles. The number of rotatable bonds is 2. The summed E-state index contributed by atoms with van der Waals surface area (Å²) in [5.74, 6) is 1.02. The molecular formula is C18H24N4O2. The summed E-state index contributed by atoms with van der Waals surface area (Å²) in [7, 11) is 0. The second-order valence-electron chi connectivity index (χ2n) is 6.92. The molecule has 24 heavy (non-hydrogen) atoms. The van der Waals surface area contributed by atoms with Crippen LogP contribution in [0.4, 0.5) is 5.69 Å². The fourth-order valence-corrected chi connectivity index (χ4v) is 3.65. The number of aromatic nitrogens is 2. The Morgan fingerprint density at radius 1 is 1.25 bits per heavy atom. The smallest absolute Gasteiger partial charge is 0.244 e. The molecule has 0 aliphatic carbocycles. The van der Waals surface area contributed by atoms with Gasteiger partial charge in [0.15, 0.2) is 0 Å². The summed E-state index contributed by atoms with van der Waals surface area (Å²) in [6.45, 7) is 2.11. The van der Waals surface area contributed by atoms with Crippen LogP contribution in [0, 0.1) is 0 Å². The largest absolute Gasteiger partial charge is 0.381 e. The number of carbonyl (C=O) groups excluding carboxylic acids is 1. The molecule has 6 nitrogen and oxygen atoms in total. The molecule has 4 rings (SSSR count). The van der Waals surface area contributed by atoms with Gasteiger partial charge in [0.05, 0.1) is 11.0 Å². The first kappa shape index (κ1) is 15.6. The van der Waals surface area contributed by atoms with Crippen molar-refractivity contribution < 1.29 is 9.53 Å². The number of hydrogen-bond acceptors (Lipinski definition) is 4. The van der Waals surface area contributed by atoms with Crippen molar-refractivity contribution in [2.45, 2.75) is 50.6 Å². The molecule has 0 bridgehead atoms. The van der Waals surface area contributed by atoms with Crippen molar-refractivity contribution in [3.63, 3.8) is 0 Å². The molecule has 1 aromatic heterocycles. The van der Waals surface area contributed by atoms with E-state index < -0.39 is 5.54 Å². The molecule has 2 aliphatic rings. The Bertz CT molecular complexity index is 762. The average Bonchev–Trinajstić information content (AvgIpc) is 2.76. The molecule has 2 aliphatic heterocycles. The zero-order valence-corrected chi connectivity index (χ0v) is 13.9. The van der Waals surface area contributed by atoms with Crippen LogP contribution in [0.15, 0.2) is 18.2 Å². The van der Waals surface area contributed by atoms with E-state index in [2.05, 4.69) is 16.0 Å². The standard InChI is InChI=1S/C18H24N4O2/c19-18(7-10-24-11-8-18)17(23)20-13-5-6-15-14(12-13)21-16-4-2-1-3-9-22(15)16/h5-6,12H,1-4,7-11,19H2,(H,20,23). The number of nitrogens with zero attached hydrogens (tertiary/aromatic N) is 2. The van der Waals surface area contributed by atoms with Gasteiger partial charge in [-0.2, -0.15) is 0 Å². The minimum Gasteiger partial charge on any atom is -0.381 e. The maximum absolute atomic E-state index is 12.5. The highest BCUT2D eigenvalue weighted by Gasteiger charge is 2.36. The van der Waals surface area contributed by atoms with Crippen LogP contribution in [0.2, 0.25) is 0 Å². The van der Waals surface area contributed by atoms with Crippen molar-refractivity contribution in [2.75, 3.05) is 18.5 Å². The number of aryl methyl sites for hydroxylation is 2. The average molecular weight is 328 g/mol. The van der Waals surface area contributed by atoms with Crippen LogP contribution in [0.3, 0.4) is 0 Å². The number of nitrogens with two attached hydrogens (primary N) is 1. The van der Waals surface area contributed by atoms with E-state index in [0.29, 0.717) is 26.1 Å². The van der Waals surface area contributed by atoms with Crippen molar-refractivity contribution in [3.8, 4) is 0 Å². The molecule has 3 heterocycles. The van der Waals surface area contributed by atoms with Gasteiger partial charge in [-0.25, -0.2) is 4.98 Å². The molecular weight excluding hydrogens is 304 g/mol. The van der Waals surface area contributed by atoms with Gasteiger partial charge in [-0.15, -0.1) is 0 Å². The molecule has 2 aromatic rings. The molecule has 6 heteroatoms. The van der Waals surface area contributed by atoms with E-state index in [1.807, 2.05) is 12.1 Å². The molecule has 0 spiro atoms. The van der Waals surface area contributed by atoms with E-state index in [1.54, 1.807) is 0 Å². The van der Waals surface area contributed by atoms with Gasteiger partial charge in [0.25, 0.3) is 0 Å². The van der Waals surface area contributed by atoms with Gasteiger partial charge in [0, 0.05) is 31.9 Å². The lowest BCUT2D eigenvalue weighted by atomic mass is 9.90. The Hall–Kier alpha value is -1.92. The first-order chi connectivity index (χ1) is 11.7. The summed E-state index contributed by atoms with van der Waals surface area (Å²) in [4.78, 5) is 17.3. The monoisotopic (exact) mass is 328 g/mol. The molecule has 0 saturated carbocycles. The summed E-state index contributed by atoms with van der Waals surface area (Å²) in [6.07, 6.45) is 5.81. The highest BCUT2D eigenvalue weighted by molar-refractivity contribution is 5.99. The first-order valence-electron chi connectivity index (χ1n) is 8.83. The number of carbonyl (C=O) groups is 1. The SMILES string of the molecule is NC1(C(=O)Nc2ccc3c(c2)nc2n3CCCCC2)CCOCC1. The van der Waals surface area contributed by atoms with Gasteiger partial charge >= 0.3 is 0 Å². The lowest BCUT2D eigenvalue weighted by Gasteiger charge is -2.31. The van der Waals surface area contributed by atoms with E-state index in [4.69, 9.17) is 15.5 Å². The van der Waals surface area contributed by atoms with Gasteiger partial charge in [-0.05, 0) is 43.9 Å². The second-order valence-corrected chi connectivity index (χ2v) is 6.92. The van der Waals surface area contributed by atoms with Gasteiger partial charge in [0.1, 0.15) is 11.4 Å². The number of imidazole rings is 1. The van der Waals surface area contributed by atoms with Crippen LogP contribution in [0.5, 0.6) is 0 Å². The third kappa shape index (κ3) is 2.80. The highest BCUT2D eigenvalue weighted by Crippen LogP contribution is 2.26. The van der Waals surface area contributed by atoms with Gasteiger partial charge in [0.2, 0.25) is 5.91 Å². The van der Waals surface area contributed by atoms with E-state index in [0.717, 1.165) is 35.5 Å². The fourth-order valence-electron chi connectivity index (χ4n) is 3.65. The summed E-state index contributed by atoms with van der Waals surface area (Å²) in [5, 5.41) is 2.97. The zero-order valence-electron chi connectivity index (χ0n) is 13.9. The maximum atomic E-state index is 12.5. The quantitative estimate of drug-likeness (QED) is 0.885. The number of ether oxygens (including phenoxy) is 1. The Labute approximate surface area is 141 Å². The molecule has 0 radical (unpaired) electrons. The predicted octanol–water partition coefficient (Wildman–Crippen LogP) is 2.21. The lowest BCUT2D eigenvalue weighted by Crippen LogP contribution is -2.54. The van der Waals surface area contributed by atoms with E-state index in [-0.39, 0.29) is 5.91 Å². The van der Waals surface area contributed by atoms with Crippen LogP contribution >= 0.6 is 0 Å². The maximum Gasteiger partial charge on any atom is 0.244 e. The van der Waals surface area contributed by atoms with Crippen LogP contribution in [-0.2, 0) is 22.5 Å². The molecule has 3 N–H and O–H groups in total. The van der Waals surface area contributed by atoms with E-state index >= 15 is 0 Å². The Morgan fingerprint density at radius 2 is 2.08 bits per heavy atom. The summed E-state index contributed by atoms with van der Waals surface area (Å²) >= 11 is 0. The Morgan fingerprint density at radius 3 is 2.92 bits per heavy atom. The number of hydrogen-bond donors (Lipinski definition) is 2. The zero-order chi connectivity index (χ0) is 16.6. The fraction of sp³-hybridized carbons (Fsp3) is 0.556. The number of fused-ring (bicyclic) bond motifs is 3. The van der Waals surface area contributed by atoms with Crippen LogP contribution < -0.4 is 11.1 Å². The number of anilines is 1. The minimum atomic E-state index is -0.835. The van der Waals surface area contributed by atoms with E-state index in [1.165, 1.54) is 19.3 Å². The molecule has 1 fully saturated rings. The predicted molar refractivity (Wildman–Crippen MR) is 92.9 cm³/mol. The molecule has 128 valence electrons. The molecule has 0 atom stereocenters. The van der Waals surface area contributed by atoms with Crippen molar-refractivity contribution >= 4 is 22.6 Å². The summed E-state index contributed by atoms with van der Waals surface area (Å²) in [6, 6.07) is 5.96. The minimum absolute atomic E-state index is 0.133. The van der Waals surface area contributed by atoms with Crippen molar-refractivity contribution in [3.05, 3.63) is 24.0 Å². The van der Waals surface area contributed by atoms with Crippen LogP contribution in [0.1, 0.15) is 37.9 Å². The van der Waals surface area contributed by atoms with Gasteiger partial charge in [-0.1, -0.05) is 6.42 Å². The van der Waals surface area contributed by atoms with Crippen molar-refractivity contribution in [1.29, 1.82) is 0 Å². The topological polar surface area (TPSA) is 82.2 Å². The van der Waals surface area contributed by atoms with Gasteiger partial charge < -0.3 is 20.4 Å². The number of nitrogens with one attached hydrogen (secondary N) is 1.